The van der Waals surface area contributed by atoms with Crippen molar-refractivity contribution in [2.75, 3.05) is 19.6 Å². The van der Waals surface area contributed by atoms with E-state index >= 15 is 0 Å². The summed E-state index contributed by atoms with van der Waals surface area (Å²) >= 11 is 1.52. The molecule has 2 aromatic rings. The average Bonchev–Trinajstić information content (AvgIpc) is 3.27. The maximum absolute atomic E-state index is 13.4. The number of ether oxygens (including phenoxy) is 1. The maximum Gasteiger partial charge on any atom is 0.211 e. The van der Waals surface area contributed by atoms with Crippen molar-refractivity contribution in [1.29, 1.82) is 0 Å². The molecule has 7 heteroatoms. The second-order valence-electron chi connectivity index (χ2n) is 7.48. The van der Waals surface area contributed by atoms with Gasteiger partial charge in [-0.05, 0) is 38.8 Å². The lowest BCUT2D eigenvalue weighted by Crippen LogP contribution is -2.30. The standard InChI is InChI=1S/C20H26N2O3S2/c1-14(2)22-11-9-15(13-22)25-20-19(17-12-21-10-8-18(17)26-20)27(23,24)16-6-4-3-5-7-16/h3-7,14-15,21H,8-13H2,1-2H3. The van der Waals surface area contributed by atoms with Crippen LogP contribution in [0.25, 0.3) is 0 Å². The Morgan fingerprint density at radius 2 is 2.04 bits per heavy atom. The molecule has 0 amide bonds. The Bertz CT molecular complexity index is 907. The van der Waals surface area contributed by atoms with Crippen molar-refractivity contribution in [3.63, 3.8) is 0 Å². The first-order valence-corrected chi connectivity index (χ1v) is 11.8. The predicted octanol–water partition coefficient (Wildman–Crippen LogP) is 3.09. The Balaban J connectivity index is 1.71. The molecule has 27 heavy (non-hydrogen) atoms. The molecule has 1 N–H and O–H groups in total. The zero-order chi connectivity index (χ0) is 19.0. The fourth-order valence-corrected chi connectivity index (χ4v) is 6.99. The third-order valence-electron chi connectivity index (χ3n) is 5.35. The maximum atomic E-state index is 13.4. The number of nitrogens with zero attached hydrogens (tertiary/aromatic N) is 1. The van der Waals surface area contributed by atoms with Gasteiger partial charge in [-0.2, -0.15) is 0 Å². The largest absolute Gasteiger partial charge is 0.478 e. The van der Waals surface area contributed by atoms with Crippen LogP contribution in [0.2, 0.25) is 0 Å². The molecular weight excluding hydrogens is 380 g/mol. The monoisotopic (exact) mass is 406 g/mol. The van der Waals surface area contributed by atoms with E-state index in [0.29, 0.717) is 27.4 Å². The van der Waals surface area contributed by atoms with E-state index in [9.17, 15) is 8.42 Å². The molecule has 1 aromatic carbocycles. The highest BCUT2D eigenvalue weighted by atomic mass is 32.2. The molecule has 1 atom stereocenters. The van der Waals surface area contributed by atoms with E-state index in [1.165, 1.54) is 11.3 Å². The highest BCUT2D eigenvalue weighted by molar-refractivity contribution is 7.91. The van der Waals surface area contributed by atoms with Crippen LogP contribution in [0.3, 0.4) is 0 Å². The number of hydrogen-bond donors (Lipinski definition) is 1. The molecule has 3 heterocycles. The van der Waals surface area contributed by atoms with Crippen LogP contribution in [-0.2, 0) is 22.8 Å². The fourth-order valence-electron chi connectivity index (χ4n) is 3.80. The Hall–Kier alpha value is -1.41. The fraction of sp³-hybridized carbons (Fsp3) is 0.500. The minimum absolute atomic E-state index is 0.0465. The van der Waals surface area contributed by atoms with Crippen LogP contribution >= 0.6 is 11.3 Å². The smallest absolute Gasteiger partial charge is 0.211 e. The number of benzene rings is 1. The second-order valence-corrected chi connectivity index (χ2v) is 10.4. The van der Waals surface area contributed by atoms with Crippen LogP contribution < -0.4 is 10.1 Å². The zero-order valence-corrected chi connectivity index (χ0v) is 17.4. The van der Waals surface area contributed by atoms with E-state index in [1.807, 2.05) is 6.07 Å². The molecule has 0 aliphatic carbocycles. The minimum atomic E-state index is -3.61. The number of thiophene rings is 1. The molecule has 0 bridgehead atoms. The SMILES string of the molecule is CC(C)N1CCC(Oc2sc3c(c2S(=O)(=O)c2ccccc2)CNCC3)C1. The lowest BCUT2D eigenvalue weighted by atomic mass is 10.1. The number of rotatable bonds is 5. The number of fused-ring (bicyclic) bond motifs is 1. The molecule has 4 rings (SSSR count). The van der Waals surface area contributed by atoms with Crippen LogP contribution in [0.4, 0.5) is 0 Å². The van der Waals surface area contributed by atoms with Gasteiger partial charge in [-0.1, -0.05) is 18.2 Å². The first-order valence-electron chi connectivity index (χ1n) is 9.53. The molecule has 146 valence electrons. The summed E-state index contributed by atoms with van der Waals surface area (Å²) in [5.41, 5.74) is 0.892. The molecule has 0 saturated carbocycles. The normalized spacial score (nSPS) is 20.8. The summed E-state index contributed by atoms with van der Waals surface area (Å²) in [7, 11) is -3.61. The van der Waals surface area contributed by atoms with Crippen molar-refractivity contribution < 1.29 is 13.2 Å². The summed E-state index contributed by atoms with van der Waals surface area (Å²) in [6, 6.07) is 9.17. The Labute approximate surface area is 165 Å². The lowest BCUT2D eigenvalue weighted by Gasteiger charge is -2.20. The number of likely N-dealkylation sites (tertiary alicyclic amines) is 1. The highest BCUT2D eigenvalue weighted by Crippen LogP contribution is 2.43. The molecule has 0 radical (unpaired) electrons. The van der Waals surface area contributed by atoms with Gasteiger partial charge >= 0.3 is 0 Å². The van der Waals surface area contributed by atoms with Crippen LogP contribution in [-0.4, -0.2) is 45.1 Å². The number of sulfone groups is 1. The highest BCUT2D eigenvalue weighted by Gasteiger charge is 2.34. The van der Waals surface area contributed by atoms with Gasteiger partial charge in [-0.3, -0.25) is 4.90 Å². The van der Waals surface area contributed by atoms with Gasteiger partial charge in [0.2, 0.25) is 9.84 Å². The van der Waals surface area contributed by atoms with Crippen molar-refractivity contribution in [3.05, 3.63) is 40.8 Å². The van der Waals surface area contributed by atoms with Gasteiger partial charge in [0, 0.05) is 42.7 Å². The first-order chi connectivity index (χ1) is 13.0. The van der Waals surface area contributed by atoms with Crippen molar-refractivity contribution in [3.8, 4) is 5.06 Å². The summed E-state index contributed by atoms with van der Waals surface area (Å²) in [5, 5.41) is 3.88. The molecule has 0 spiro atoms. The molecule has 2 aliphatic heterocycles. The summed E-state index contributed by atoms with van der Waals surface area (Å²) in [6.07, 6.45) is 1.83. The van der Waals surface area contributed by atoms with Gasteiger partial charge < -0.3 is 10.1 Å². The minimum Gasteiger partial charge on any atom is -0.478 e. The Morgan fingerprint density at radius 3 is 2.74 bits per heavy atom. The quantitative estimate of drug-likeness (QED) is 0.827. The van der Waals surface area contributed by atoms with Gasteiger partial charge in [0.05, 0.1) is 4.90 Å². The molecule has 1 fully saturated rings. The molecule has 1 saturated heterocycles. The zero-order valence-electron chi connectivity index (χ0n) is 15.8. The summed E-state index contributed by atoms with van der Waals surface area (Å²) in [4.78, 5) is 4.22. The summed E-state index contributed by atoms with van der Waals surface area (Å²) in [5.74, 6) is 0. The van der Waals surface area contributed by atoms with Crippen LogP contribution in [0.15, 0.2) is 40.1 Å². The Kier molecular flexibility index (Phi) is 5.29. The number of hydrogen-bond acceptors (Lipinski definition) is 6. The van der Waals surface area contributed by atoms with Gasteiger partial charge in [0.15, 0.2) is 5.06 Å². The third kappa shape index (κ3) is 3.66. The predicted molar refractivity (Wildman–Crippen MR) is 107 cm³/mol. The third-order valence-corrected chi connectivity index (χ3v) is 8.52. The van der Waals surface area contributed by atoms with E-state index in [1.54, 1.807) is 24.3 Å². The topological polar surface area (TPSA) is 58.6 Å². The number of nitrogens with one attached hydrogen (secondary N) is 1. The molecule has 1 aromatic heterocycles. The molecule has 1 unspecified atom stereocenters. The van der Waals surface area contributed by atoms with Crippen molar-refractivity contribution >= 4 is 21.2 Å². The first kappa shape index (κ1) is 18.9. The van der Waals surface area contributed by atoms with Gasteiger partial charge in [0.1, 0.15) is 11.0 Å². The molecule has 2 aliphatic rings. The van der Waals surface area contributed by atoms with Crippen LogP contribution in [0, 0.1) is 0 Å². The summed E-state index contributed by atoms with van der Waals surface area (Å²) < 4.78 is 33.2. The van der Waals surface area contributed by atoms with Crippen molar-refractivity contribution in [2.45, 2.75) is 55.2 Å². The second kappa shape index (κ2) is 7.54. The molecular formula is C20H26N2O3S2. The van der Waals surface area contributed by atoms with E-state index in [-0.39, 0.29) is 6.10 Å². The van der Waals surface area contributed by atoms with Crippen molar-refractivity contribution in [1.82, 2.24) is 10.2 Å². The molecule has 5 nitrogen and oxygen atoms in total. The Morgan fingerprint density at radius 1 is 1.26 bits per heavy atom. The lowest BCUT2D eigenvalue weighted by molar-refractivity contribution is 0.188. The van der Waals surface area contributed by atoms with Crippen molar-refractivity contribution in [2.24, 2.45) is 0 Å². The van der Waals surface area contributed by atoms with Crippen LogP contribution in [0.5, 0.6) is 5.06 Å². The summed E-state index contributed by atoms with van der Waals surface area (Å²) in [6.45, 7) is 7.67. The average molecular weight is 407 g/mol. The van der Waals surface area contributed by atoms with E-state index < -0.39 is 9.84 Å². The van der Waals surface area contributed by atoms with E-state index in [2.05, 4.69) is 24.1 Å². The van der Waals surface area contributed by atoms with Gasteiger partial charge in [0.25, 0.3) is 0 Å². The van der Waals surface area contributed by atoms with Gasteiger partial charge in [-0.25, -0.2) is 8.42 Å². The van der Waals surface area contributed by atoms with E-state index in [0.717, 1.165) is 42.9 Å². The van der Waals surface area contributed by atoms with E-state index in [4.69, 9.17) is 4.74 Å². The van der Waals surface area contributed by atoms with Crippen LogP contribution in [0.1, 0.15) is 30.7 Å². The van der Waals surface area contributed by atoms with Gasteiger partial charge in [-0.15, -0.1) is 11.3 Å².